The van der Waals surface area contributed by atoms with Gasteiger partial charge in [-0.05, 0) is 43.2 Å². The van der Waals surface area contributed by atoms with E-state index < -0.39 is 0 Å². The Morgan fingerprint density at radius 2 is 1.86 bits per heavy atom. The molecule has 3 heterocycles. The maximum atomic E-state index is 13.1. The molecule has 152 valence electrons. The molecule has 0 radical (unpaired) electrons. The van der Waals surface area contributed by atoms with E-state index in [1.165, 1.54) is 0 Å². The first-order valence-electron chi connectivity index (χ1n) is 9.71. The quantitative estimate of drug-likeness (QED) is 0.603. The fraction of sp³-hybridized carbons (Fsp3) is 0.364. The molecule has 1 fully saturated rings. The van der Waals surface area contributed by atoms with Crippen LogP contribution >= 0.6 is 22.7 Å². The monoisotopic (exact) mass is 427 g/mol. The van der Waals surface area contributed by atoms with Crippen LogP contribution in [0, 0.1) is 13.8 Å². The van der Waals surface area contributed by atoms with E-state index in [4.69, 9.17) is 4.74 Å². The van der Waals surface area contributed by atoms with Crippen LogP contribution in [0.15, 0.2) is 35.7 Å². The van der Waals surface area contributed by atoms with Gasteiger partial charge in [0.05, 0.1) is 22.7 Å². The Hall–Kier alpha value is -2.22. The van der Waals surface area contributed by atoms with Crippen LogP contribution in [-0.4, -0.2) is 54.0 Å². The first kappa shape index (κ1) is 20.1. The summed E-state index contributed by atoms with van der Waals surface area (Å²) >= 11 is 3.27. The molecule has 2 aromatic heterocycles. The van der Waals surface area contributed by atoms with Crippen molar-refractivity contribution in [2.45, 2.75) is 20.4 Å². The van der Waals surface area contributed by atoms with E-state index in [0.29, 0.717) is 0 Å². The molecule has 1 saturated heterocycles. The maximum Gasteiger partial charge on any atom is 0.264 e. The van der Waals surface area contributed by atoms with Crippen LogP contribution in [0.4, 0.5) is 0 Å². The number of hydrogen-bond acceptors (Lipinski definition) is 6. The van der Waals surface area contributed by atoms with Crippen molar-refractivity contribution in [3.05, 3.63) is 56.2 Å². The van der Waals surface area contributed by atoms with E-state index in [0.717, 1.165) is 70.1 Å². The number of hydrogen-bond donors (Lipinski definition) is 0. The molecule has 1 amide bonds. The van der Waals surface area contributed by atoms with E-state index in [-0.39, 0.29) is 5.91 Å². The smallest absolute Gasteiger partial charge is 0.264 e. The van der Waals surface area contributed by atoms with Crippen LogP contribution in [0.2, 0.25) is 0 Å². The van der Waals surface area contributed by atoms with Gasteiger partial charge in [-0.3, -0.25) is 9.69 Å². The average molecular weight is 428 g/mol. The zero-order valence-electron chi connectivity index (χ0n) is 17.0. The average Bonchev–Trinajstić information content (AvgIpc) is 3.33. The predicted molar refractivity (Wildman–Crippen MR) is 119 cm³/mol. The summed E-state index contributed by atoms with van der Waals surface area (Å²) in [6, 6.07) is 10.0. The summed E-state index contributed by atoms with van der Waals surface area (Å²) < 4.78 is 5.24. The molecule has 0 saturated carbocycles. The number of amides is 1. The first-order chi connectivity index (χ1) is 14.0. The Labute approximate surface area is 179 Å². The van der Waals surface area contributed by atoms with Crippen molar-refractivity contribution in [2.75, 3.05) is 33.3 Å². The number of carbonyl (C=O) groups is 1. The van der Waals surface area contributed by atoms with Gasteiger partial charge >= 0.3 is 0 Å². The van der Waals surface area contributed by atoms with Crippen molar-refractivity contribution >= 4 is 28.6 Å². The Kier molecular flexibility index (Phi) is 5.99. The van der Waals surface area contributed by atoms with Crippen LogP contribution in [0.3, 0.4) is 0 Å². The highest BCUT2D eigenvalue weighted by atomic mass is 32.1. The van der Waals surface area contributed by atoms with Crippen molar-refractivity contribution in [1.29, 1.82) is 0 Å². The van der Waals surface area contributed by atoms with E-state index in [2.05, 4.69) is 22.2 Å². The highest BCUT2D eigenvalue weighted by molar-refractivity contribution is 7.14. The maximum absolute atomic E-state index is 13.1. The summed E-state index contributed by atoms with van der Waals surface area (Å²) in [4.78, 5) is 23.9. The van der Waals surface area contributed by atoms with Crippen LogP contribution in [0.1, 0.15) is 25.3 Å². The Morgan fingerprint density at radius 1 is 1.14 bits per heavy atom. The van der Waals surface area contributed by atoms with E-state index in [1.807, 2.05) is 42.2 Å². The van der Waals surface area contributed by atoms with Crippen molar-refractivity contribution in [2.24, 2.45) is 0 Å². The number of rotatable bonds is 5. The minimum absolute atomic E-state index is 0.141. The molecule has 0 spiro atoms. The van der Waals surface area contributed by atoms with Crippen LogP contribution in [0.5, 0.6) is 5.75 Å². The van der Waals surface area contributed by atoms with Gasteiger partial charge in [-0.25, -0.2) is 4.98 Å². The van der Waals surface area contributed by atoms with Crippen molar-refractivity contribution in [3.8, 4) is 16.9 Å². The van der Waals surface area contributed by atoms with Gasteiger partial charge in [0, 0.05) is 43.0 Å². The van der Waals surface area contributed by atoms with Gasteiger partial charge in [-0.2, -0.15) is 0 Å². The minimum atomic E-state index is 0.141. The third-order valence-electron chi connectivity index (χ3n) is 5.24. The van der Waals surface area contributed by atoms with Crippen LogP contribution in [-0.2, 0) is 6.54 Å². The Morgan fingerprint density at radius 3 is 2.48 bits per heavy atom. The number of nitrogens with zero attached hydrogens (tertiary/aromatic N) is 3. The highest BCUT2D eigenvalue weighted by Gasteiger charge is 2.24. The molecule has 7 heteroatoms. The van der Waals surface area contributed by atoms with Gasteiger partial charge in [0.15, 0.2) is 0 Å². The van der Waals surface area contributed by atoms with Gasteiger partial charge in [0.2, 0.25) is 0 Å². The lowest BCUT2D eigenvalue weighted by Gasteiger charge is -2.34. The normalized spacial score (nSPS) is 14.9. The van der Waals surface area contributed by atoms with E-state index in [1.54, 1.807) is 29.8 Å². The minimum Gasteiger partial charge on any atom is -0.497 e. The molecule has 0 atom stereocenters. The topological polar surface area (TPSA) is 45.7 Å². The largest absolute Gasteiger partial charge is 0.497 e. The molecule has 4 rings (SSSR count). The van der Waals surface area contributed by atoms with Gasteiger partial charge < -0.3 is 9.64 Å². The predicted octanol–water partition coefficient (Wildman–Crippen LogP) is 4.46. The molecular weight excluding hydrogens is 402 g/mol. The van der Waals surface area contributed by atoms with Crippen molar-refractivity contribution in [1.82, 2.24) is 14.8 Å². The second-order valence-electron chi connectivity index (χ2n) is 7.24. The standard InChI is InChI=1S/C22H25N3O2S2/c1-15-20(17-4-6-19(27-3)7-5-17)12-21(29-15)22(26)25-10-8-24(9-11-25)13-18-14-28-16(2)23-18/h4-7,12,14H,8-11,13H2,1-3H3. The van der Waals surface area contributed by atoms with Gasteiger partial charge in [-0.1, -0.05) is 12.1 Å². The third kappa shape index (κ3) is 4.52. The number of ether oxygens (including phenoxy) is 1. The second kappa shape index (κ2) is 8.65. The summed E-state index contributed by atoms with van der Waals surface area (Å²) in [5.41, 5.74) is 3.37. The number of thiophene rings is 1. The molecule has 0 N–H and O–H groups in total. The third-order valence-corrected chi connectivity index (χ3v) is 7.10. The molecule has 1 aromatic carbocycles. The summed E-state index contributed by atoms with van der Waals surface area (Å²) in [6.45, 7) is 8.28. The number of benzene rings is 1. The van der Waals surface area contributed by atoms with Crippen molar-refractivity contribution in [3.63, 3.8) is 0 Å². The number of piperazine rings is 1. The number of carbonyl (C=O) groups excluding carboxylic acids is 1. The fourth-order valence-corrected chi connectivity index (χ4v) is 5.23. The molecule has 1 aliphatic rings. The summed E-state index contributed by atoms with van der Waals surface area (Å²) in [6.07, 6.45) is 0. The molecule has 1 aliphatic heterocycles. The van der Waals surface area contributed by atoms with E-state index in [9.17, 15) is 4.79 Å². The molecule has 0 unspecified atom stereocenters. The number of aromatic nitrogens is 1. The zero-order chi connectivity index (χ0) is 20.4. The molecule has 5 nitrogen and oxygen atoms in total. The lowest BCUT2D eigenvalue weighted by atomic mass is 10.1. The van der Waals surface area contributed by atoms with Crippen LogP contribution < -0.4 is 4.74 Å². The molecule has 0 bridgehead atoms. The number of methoxy groups -OCH3 is 1. The molecule has 29 heavy (non-hydrogen) atoms. The second-order valence-corrected chi connectivity index (χ2v) is 9.55. The first-order valence-corrected chi connectivity index (χ1v) is 11.4. The Balaban J connectivity index is 1.40. The summed E-state index contributed by atoms with van der Waals surface area (Å²) in [5, 5.41) is 3.23. The number of aryl methyl sites for hydroxylation is 2. The SMILES string of the molecule is COc1ccc(-c2cc(C(=O)N3CCN(Cc4csc(C)n4)CC3)sc2C)cc1. The number of thiazole rings is 1. The summed E-state index contributed by atoms with van der Waals surface area (Å²) in [7, 11) is 1.67. The molecular formula is C22H25N3O2S2. The van der Waals surface area contributed by atoms with E-state index >= 15 is 0 Å². The Bertz CT molecular complexity index is 986. The summed E-state index contributed by atoms with van der Waals surface area (Å²) in [5.74, 6) is 0.977. The molecule has 0 aliphatic carbocycles. The van der Waals surface area contributed by atoms with Crippen molar-refractivity contribution < 1.29 is 9.53 Å². The lowest BCUT2D eigenvalue weighted by molar-refractivity contribution is 0.0632. The highest BCUT2D eigenvalue weighted by Crippen LogP contribution is 2.32. The molecule has 3 aromatic rings. The zero-order valence-corrected chi connectivity index (χ0v) is 18.6. The van der Waals surface area contributed by atoms with Crippen LogP contribution in [0.25, 0.3) is 11.1 Å². The fourth-order valence-electron chi connectivity index (χ4n) is 3.62. The van der Waals surface area contributed by atoms with Gasteiger partial charge in [-0.15, -0.1) is 22.7 Å². The lowest BCUT2D eigenvalue weighted by Crippen LogP contribution is -2.48. The van der Waals surface area contributed by atoms with Gasteiger partial charge in [0.1, 0.15) is 5.75 Å². The van der Waals surface area contributed by atoms with Gasteiger partial charge in [0.25, 0.3) is 5.91 Å².